The molecule has 0 atom stereocenters. The summed E-state index contributed by atoms with van der Waals surface area (Å²) in [5, 5.41) is 4.87. The van der Waals surface area contributed by atoms with Gasteiger partial charge in [0.15, 0.2) is 5.11 Å². The van der Waals surface area contributed by atoms with E-state index < -0.39 is 0 Å². The van der Waals surface area contributed by atoms with Crippen molar-refractivity contribution in [1.82, 2.24) is 10.2 Å². The molecule has 0 heterocycles. The maximum Gasteiger partial charge on any atom is 0.169 e. The molecule has 0 radical (unpaired) electrons. The zero-order chi connectivity index (χ0) is 15.2. The summed E-state index contributed by atoms with van der Waals surface area (Å²) in [6.07, 6.45) is 20.8. The first-order chi connectivity index (χ1) is 10.8. The van der Waals surface area contributed by atoms with Crippen LogP contribution in [0.15, 0.2) is 0 Å². The second-order valence-corrected chi connectivity index (χ2v) is 8.16. The summed E-state index contributed by atoms with van der Waals surface area (Å²) in [6, 6.07) is 2.09. The molecule has 0 aliphatic heterocycles. The molecule has 0 bridgehead atoms. The first-order valence-electron chi connectivity index (χ1n) is 9.93. The van der Waals surface area contributed by atoms with Gasteiger partial charge in [-0.3, -0.25) is 0 Å². The van der Waals surface area contributed by atoms with Gasteiger partial charge < -0.3 is 10.2 Å². The lowest BCUT2D eigenvalue weighted by molar-refractivity contribution is 0.154. The van der Waals surface area contributed by atoms with E-state index in [9.17, 15) is 0 Å². The molecule has 2 nitrogen and oxygen atoms in total. The fourth-order valence-electron chi connectivity index (χ4n) is 4.84. The van der Waals surface area contributed by atoms with Gasteiger partial charge in [0.1, 0.15) is 0 Å². The molecule has 0 aromatic rings. The van der Waals surface area contributed by atoms with Crippen LogP contribution in [-0.2, 0) is 0 Å². The Morgan fingerprint density at radius 2 is 1.05 bits per heavy atom. The van der Waals surface area contributed by atoms with Crippen molar-refractivity contribution in [3.05, 3.63) is 0 Å². The normalized spacial score (nSPS) is 25.8. The molecule has 3 aliphatic rings. The number of nitrogens with zero attached hydrogens (tertiary/aromatic N) is 1. The zero-order valence-electron chi connectivity index (χ0n) is 14.2. The SMILES string of the molecule is S=C(NC1CCCCC1)N(C1CCCCC1)C1CCCCC1. The number of rotatable bonds is 3. The minimum atomic E-state index is 0.649. The van der Waals surface area contributed by atoms with Crippen LogP contribution in [0.4, 0.5) is 0 Å². The molecule has 126 valence electrons. The Hall–Kier alpha value is -0.310. The maximum atomic E-state index is 5.93. The molecule has 0 aromatic heterocycles. The predicted molar refractivity (Wildman–Crippen MR) is 98.2 cm³/mol. The molecule has 0 amide bonds. The highest BCUT2D eigenvalue weighted by atomic mass is 32.1. The lowest BCUT2D eigenvalue weighted by atomic mass is 9.89. The van der Waals surface area contributed by atoms with Gasteiger partial charge in [0, 0.05) is 18.1 Å². The largest absolute Gasteiger partial charge is 0.360 e. The Labute approximate surface area is 142 Å². The summed E-state index contributed by atoms with van der Waals surface area (Å²) >= 11 is 5.93. The summed E-state index contributed by atoms with van der Waals surface area (Å²) < 4.78 is 0. The molecule has 0 saturated heterocycles. The van der Waals surface area contributed by atoms with E-state index in [0.29, 0.717) is 6.04 Å². The van der Waals surface area contributed by atoms with Crippen LogP contribution >= 0.6 is 12.2 Å². The Balaban J connectivity index is 1.64. The molecule has 22 heavy (non-hydrogen) atoms. The maximum absolute atomic E-state index is 5.93. The average Bonchev–Trinajstić information content (AvgIpc) is 2.58. The highest BCUT2D eigenvalue weighted by Gasteiger charge is 2.31. The highest BCUT2D eigenvalue weighted by molar-refractivity contribution is 7.80. The second-order valence-electron chi connectivity index (χ2n) is 7.78. The minimum absolute atomic E-state index is 0.649. The summed E-state index contributed by atoms with van der Waals surface area (Å²) in [6.45, 7) is 0. The fraction of sp³-hybridized carbons (Fsp3) is 0.947. The van der Waals surface area contributed by atoms with Crippen LogP contribution in [0.25, 0.3) is 0 Å². The fourth-order valence-corrected chi connectivity index (χ4v) is 5.31. The molecule has 0 spiro atoms. The molecule has 1 N–H and O–H groups in total. The monoisotopic (exact) mass is 322 g/mol. The quantitative estimate of drug-likeness (QED) is 0.722. The minimum Gasteiger partial charge on any atom is -0.360 e. The standard InChI is InChI=1S/C19H34N2S/c22-19(20-16-10-4-1-5-11-16)21(17-12-6-2-7-13-17)18-14-8-3-9-15-18/h16-18H,1-15H2,(H,20,22). The van der Waals surface area contributed by atoms with Gasteiger partial charge in [-0.2, -0.15) is 0 Å². The Morgan fingerprint density at radius 1 is 0.636 bits per heavy atom. The number of hydrogen-bond acceptors (Lipinski definition) is 1. The molecule has 3 heteroatoms. The third-order valence-corrected chi connectivity index (χ3v) is 6.43. The van der Waals surface area contributed by atoms with Crippen LogP contribution in [0, 0.1) is 0 Å². The molecular formula is C19H34N2S. The second kappa shape index (κ2) is 8.52. The molecule has 3 rings (SSSR count). The summed E-state index contributed by atoms with van der Waals surface area (Å²) in [4.78, 5) is 2.68. The van der Waals surface area contributed by atoms with Crippen molar-refractivity contribution in [3.8, 4) is 0 Å². The summed E-state index contributed by atoms with van der Waals surface area (Å²) in [5.41, 5.74) is 0. The van der Waals surface area contributed by atoms with E-state index in [1.165, 1.54) is 96.3 Å². The smallest absolute Gasteiger partial charge is 0.169 e. The zero-order valence-corrected chi connectivity index (χ0v) is 15.0. The van der Waals surface area contributed by atoms with Crippen LogP contribution in [0.5, 0.6) is 0 Å². The molecule has 3 fully saturated rings. The first-order valence-corrected chi connectivity index (χ1v) is 10.3. The van der Waals surface area contributed by atoms with Crippen molar-refractivity contribution < 1.29 is 0 Å². The van der Waals surface area contributed by atoms with Crippen LogP contribution in [-0.4, -0.2) is 28.1 Å². The van der Waals surface area contributed by atoms with Crippen LogP contribution in [0.1, 0.15) is 96.3 Å². The van der Waals surface area contributed by atoms with Crippen molar-refractivity contribution in [2.24, 2.45) is 0 Å². The van der Waals surface area contributed by atoms with Crippen molar-refractivity contribution in [1.29, 1.82) is 0 Å². The van der Waals surface area contributed by atoms with Crippen molar-refractivity contribution in [3.63, 3.8) is 0 Å². The van der Waals surface area contributed by atoms with Gasteiger partial charge in [-0.15, -0.1) is 0 Å². The van der Waals surface area contributed by atoms with Crippen LogP contribution in [0.2, 0.25) is 0 Å². The molecular weight excluding hydrogens is 288 g/mol. The van der Waals surface area contributed by atoms with E-state index in [1.54, 1.807) is 0 Å². The molecule has 3 saturated carbocycles. The van der Waals surface area contributed by atoms with Crippen LogP contribution in [0.3, 0.4) is 0 Å². The number of hydrogen-bond donors (Lipinski definition) is 1. The highest BCUT2D eigenvalue weighted by Crippen LogP contribution is 2.30. The third kappa shape index (κ3) is 4.37. The predicted octanol–water partition coefficient (Wildman–Crippen LogP) is 5.16. The summed E-state index contributed by atoms with van der Waals surface area (Å²) in [7, 11) is 0. The van der Waals surface area contributed by atoms with Crippen molar-refractivity contribution >= 4 is 17.3 Å². The Morgan fingerprint density at radius 3 is 1.50 bits per heavy atom. The van der Waals surface area contributed by atoms with E-state index in [2.05, 4.69) is 10.2 Å². The van der Waals surface area contributed by atoms with Crippen LogP contribution < -0.4 is 5.32 Å². The van der Waals surface area contributed by atoms with Gasteiger partial charge in [-0.1, -0.05) is 57.8 Å². The molecule has 0 aromatic carbocycles. The summed E-state index contributed by atoms with van der Waals surface area (Å²) in [5.74, 6) is 0. The number of nitrogens with one attached hydrogen (secondary N) is 1. The Bertz CT molecular complexity index is 321. The van der Waals surface area contributed by atoms with E-state index in [4.69, 9.17) is 12.2 Å². The number of thiocarbonyl (C=S) groups is 1. The van der Waals surface area contributed by atoms with Gasteiger partial charge in [0.05, 0.1) is 0 Å². The molecule has 3 aliphatic carbocycles. The van der Waals surface area contributed by atoms with E-state index in [-0.39, 0.29) is 0 Å². The third-order valence-electron chi connectivity index (χ3n) is 6.10. The molecule has 0 unspecified atom stereocenters. The van der Waals surface area contributed by atoms with Crippen molar-refractivity contribution in [2.45, 2.75) is 114 Å². The first kappa shape index (κ1) is 16.5. The van der Waals surface area contributed by atoms with Gasteiger partial charge >= 0.3 is 0 Å². The van der Waals surface area contributed by atoms with E-state index >= 15 is 0 Å². The average molecular weight is 323 g/mol. The topological polar surface area (TPSA) is 15.3 Å². The Kier molecular flexibility index (Phi) is 6.40. The van der Waals surface area contributed by atoms with Gasteiger partial charge in [-0.25, -0.2) is 0 Å². The van der Waals surface area contributed by atoms with E-state index in [0.717, 1.165) is 17.2 Å². The van der Waals surface area contributed by atoms with Gasteiger partial charge in [0.25, 0.3) is 0 Å². The van der Waals surface area contributed by atoms with Crippen molar-refractivity contribution in [2.75, 3.05) is 0 Å². The van der Waals surface area contributed by atoms with Gasteiger partial charge in [-0.05, 0) is 50.7 Å². The van der Waals surface area contributed by atoms with E-state index in [1.807, 2.05) is 0 Å². The van der Waals surface area contributed by atoms with Gasteiger partial charge in [0.2, 0.25) is 0 Å². The lowest BCUT2D eigenvalue weighted by Crippen LogP contribution is -2.54. The lowest BCUT2D eigenvalue weighted by Gasteiger charge is -2.44.